The Morgan fingerprint density at radius 2 is 2.15 bits per heavy atom. The summed E-state index contributed by atoms with van der Waals surface area (Å²) in [6.07, 6.45) is 1.54. The van der Waals surface area contributed by atoms with Crippen LogP contribution >= 0.6 is 0 Å². The van der Waals surface area contributed by atoms with Crippen molar-refractivity contribution < 1.29 is 0 Å². The smallest absolute Gasteiger partial charge is 0.212 e. The predicted octanol–water partition coefficient (Wildman–Crippen LogP) is 1.42. The van der Waals surface area contributed by atoms with Crippen molar-refractivity contribution >= 4 is 16.6 Å². The number of anilines is 1. The Hall–Kier alpha value is -1.77. The molecule has 0 amide bonds. The van der Waals surface area contributed by atoms with Gasteiger partial charge in [-0.05, 0) is 18.6 Å². The fraction of sp³-hybridized carbons (Fsp3) is 0.100. The lowest BCUT2D eigenvalue weighted by Crippen LogP contribution is -2.09. The van der Waals surface area contributed by atoms with E-state index in [1.54, 1.807) is 6.07 Å². The lowest BCUT2D eigenvalue weighted by atomic mass is 10.1. The van der Waals surface area contributed by atoms with Gasteiger partial charge in [0.05, 0.1) is 11.2 Å². The molecular formula is C10H10N2O. The van der Waals surface area contributed by atoms with Crippen LogP contribution in [0.25, 0.3) is 10.9 Å². The number of aromatic nitrogens is 1. The number of H-pyrrole nitrogens is 1. The quantitative estimate of drug-likeness (QED) is 0.634. The average molecular weight is 174 g/mol. The topological polar surface area (TPSA) is 58.9 Å². The van der Waals surface area contributed by atoms with E-state index in [2.05, 4.69) is 4.98 Å². The minimum atomic E-state index is -0.0996. The Morgan fingerprint density at radius 3 is 2.92 bits per heavy atom. The number of rotatable bonds is 0. The summed E-state index contributed by atoms with van der Waals surface area (Å²) in [5.74, 6) is 0. The van der Waals surface area contributed by atoms with Crippen LogP contribution in [0, 0.1) is 6.92 Å². The molecule has 1 aromatic carbocycles. The van der Waals surface area contributed by atoms with E-state index in [1.807, 2.05) is 19.1 Å². The van der Waals surface area contributed by atoms with Crippen molar-refractivity contribution in [3.8, 4) is 0 Å². The maximum atomic E-state index is 11.5. The Bertz CT molecular complexity index is 514. The average Bonchev–Trinajstić information content (AvgIpc) is 2.12. The van der Waals surface area contributed by atoms with E-state index in [1.165, 1.54) is 6.20 Å². The van der Waals surface area contributed by atoms with E-state index in [0.717, 1.165) is 11.1 Å². The van der Waals surface area contributed by atoms with Crippen LogP contribution in [0.2, 0.25) is 0 Å². The molecular weight excluding hydrogens is 164 g/mol. The number of nitrogen functional groups attached to an aromatic ring is 1. The lowest BCUT2D eigenvalue weighted by Gasteiger charge is -2.01. The standard InChI is InChI=1S/C10H10N2O/c1-6-3-2-4-7-9(6)12-5-8(11)10(7)13/h2-5H,11H2,1H3,(H,12,13). The van der Waals surface area contributed by atoms with Crippen molar-refractivity contribution in [2.45, 2.75) is 6.92 Å². The molecule has 0 fully saturated rings. The van der Waals surface area contributed by atoms with Crippen LogP contribution in [-0.4, -0.2) is 4.98 Å². The van der Waals surface area contributed by atoms with Gasteiger partial charge in [-0.25, -0.2) is 0 Å². The second-order valence-corrected chi connectivity index (χ2v) is 3.07. The van der Waals surface area contributed by atoms with Crippen molar-refractivity contribution in [2.75, 3.05) is 5.73 Å². The molecule has 2 aromatic rings. The van der Waals surface area contributed by atoms with E-state index in [9.17, 15) is 4.79 Å². The van der Waals surface area contributed by atoms with Crippen LogP contribution < -0.4 is 11.2 Å². The third-order valence-electron chi connectivity index (χ3n) is 2.15. The number of hydrogen-bond acceptors (Lipinski definition) is 2. The number of aryl methyl sites for hydroxylation is 1. The Morgan fingerprint density at radius 1 is 1.38 bits per heavy atom. The maximum absolute atomic E-state index is 11.5. The van der Waals surface area contributed by atoms with Gasteiger partial charge in [0.25, 0.3) is 0 Å². The van der Waals surface area contributed by atoms with Gasteiger partial charge in [-0.2, -0.15) is 0 Å². The number of nitrogens with two attached hydrogens (primary N) is 1. The number of para-hydroxylation sites is 1. The second-order valence-electron chi connectivity index (χ2n) is 3.07. The summed E-state index contributed by atoms with van der Waals surface area (Å²) in [6, 6.07) is 5.58. The van der Waals surface area contributed by atoms with Crippen LogP contribution in [-0.2, 0) is 0 Å². The fourth-order valence-electron chi connectivity index (χ4n) is 1.42. The highest BCUT2D eigenvalue weighted by molar-refractivity contribution is 5.83. The summed E-state index contributed by atoms with van der Waals surface area (Å²) in [5.41, 5.74) is 7.57. The lowest BCUT2D eigenvalue weighted by molar-refractivity contribution is 1.35. The molecule has 13 heavy (non-hydrogen) atoms. The van der Waals surface area contributed by atoms with Gasteiger partial charge < -0.3 is 10.7 Å². The zero-order valence-electron chi connectivity index (χ0n) is 7.29. The summed E-state index contributed by atoms with van der Waals surface area (Å²) in [4.78, 5) is 14.5. The van der Waals surface area contributed by atoms with Gasteiger partial charge in [-0.3, -0.25) is 4.79 Å². The molecule has 0 saturated heterocycles. The van der Waals surface area contributed by atoms with E-state index in [0.29, 0.717) is 5.39 Å². The molecule has 0 radical (unpaired) electrons. The highest BCUT2D eigenvalue weighted by Crippen LogP contribution is 2.12. The van der Waals surface area contributed by atoms with Crippen molar-refractivity contribution in [3.05, 3.63) is 40.2 Å². The summed E-state index contributed by atoms with van der Waals surface area (Å²) in [5, 5.41) is 0.653. The molecule has 66 valence electrons. The van der Waals surface area contributed by atoms with E-state index in [-0.39, 0.29) is 11.1 Å². The first-order valence-electron chi connectivity index (χ1n) is 4.06. The number of nitrogens with one attached hydrogen (secondary N) is 1. The summed E-state index contributed by atoms with van der Waals surface area (Å²) >= 11 is 0. The number of pyridine rings is 1. The SMILES string of the molecule is Cc1cccc2c(=O)c(N)c[nH]c12. The summed E-state index contributed by atoms with van der Waals surface area (Å²) in [7, 11) is 0. The molecule has 3 N–H and O–H groups in total. The molecule has 1 heterocycles. The maximum Gasteiger partial charge on any atom is 0.212 e. The Balaban J connectivity index is 3.03. The van der Waals surface area contributed by atoms with Gasteiger partial charge in [-0.1, -0.05) is 12.1 Å². The zero-order chi connectivity index (χ0) is 9.42. The minimum Gasteiger partial charge on any atom is -0.394 e. The van der Waals surface area contributed by atoms with Gasteiger partial charge in [0.15, 0.2) is 0 Å². The van der Waals surface area contributed by atoms with Crippen molar-refractivity contribution in [3.63, 3.8) is 0 Å². The van der Waals surface area contributed by atoms with E-state index >= 15 is 0 Å². The second kappa shape index (κ2) is 2.62. The van der Waals surface area contributed by atoms with E-state index < -0.39 is 0 Å². The molecule has 0 bridgehead atoms. The number of aromatic amines is 1. The van der Waals surface area contributed by atoms with Crippen LogP contribution in [0.15, 0.2) is 29.2 Å². The van der Waals surface area contributed by atoms with Crippen LogP contribution in [0.1, 0.15) is 5.56 Å². The number of benzene rings is 1. The molecule has 0 aliphatic rings. The van der Waals surface area contributed by atoms with Gasteiger partial charge in [-0.15, -0.1) is 0 Å². The number of hydrogen-bond donors (Lipinski definition) is 2. The molecule has 2 rings (SSSR count). The summed E-state index contributed by atoms with van der Waals surface area (Å²) in [6.45, 7) is 1.95. The molecule has 3 heteroatoms. The molecule has 0 saturated carbocycles. The fourth-order valence-corrected chi connectivity index (χ4v) is 1.42. The first kappa shape index (κ1) is 7.86. The Labute approximate surface area is 75.2 Å². The first-order chi connectivity index (χ1) is 6.20. The molecule has 0 aliphatic carbocycles. The molecule has 3 nitrogen and oxygen atoms in total. The number of fused-ring (bicyclic) bond motifs is 1. The first-order valence-corrected chi connectivity index (χ1v) is 4.06. The third-order valence-corrected chi connectivity index (χ3v) is 2.15. The van der Waals surface area contributed by atoms with Crippen LogP contribution in [0.5, 0.6) is 0 Å². The van der Waals surface area contributed by atoms with Gasteiger partial charge in [0.1, 0.15) is 0 Å². The molecule has 1 aromatic heterocycles. The van der Waals surface area contributed by atoms with Crippen molar-refractivity contribution in [2.24, 2.45) is 0 Å². The van der Waals surface area contributed by atoms with Crippen molar-refractivity contribution in [1.29, 1.82) is 0 Å². The minimum absolute atomic E-state index is 0.0996. The third kappa shape index (κ3) is 1.09. The molecule has 0 unspecified atom stereocenters. The van der Waals surface area contributed by atoms with Gasteiger partial charge in [0.2, 0.25) is 5.43 Å². The van der Waals surface area contributed by atoms with Crippen molar-refractivity contribution in [1.82, 2.24) is 4.98 Å². The molecule has 0 aliphatic heterocycles. The van der Waals surface area contributed by atoms with Crippen LogP contribution in [0.4, 0.5) is 5.69 Å². The largest absolute Gasteiger partial charge is 0.394 e. The highest BCUT2D eigenvalue weighted by Gasteiger charge is 2.02. The summed E-state index contributed by atoms with van der Waals surface area (Å²) < 4.78 is 0. The van der Waals surface area contributed by atoms with Gasteiger partial charge in [0, 0.05) is 11.6 Å². The molecule has 0 atom stereocenters. The Kier molecular flexibility index (Phi) is 1.59. The monoisotopic (exact) mass is 174 g/mol. The molecule has 0 spiro atoms. The zero-order valence-corrected chi connectivity index (χ0v) is 7.29. The highest BCUT2D eigenvalue weighted by atomic mass is 16.1. The normalized spacial score (nSPS) is 10.5. The van der Waals surface area contributed by atoms with E-state index in [4.69, 9.17) is 5.73 Å². The van der Waals surface area contributed by atoms with Gasteiger partial charge >= 0.3 is 0 Å². The predicted molar refractivity (Wildman–Crippen MR) is 53.7 cm³/mol. The van der Waals surface area contributed by atoms with Crippen LogP contribution in [0.3, 0.4) is 0 Å².